The van der Waals surface area contributed by atoms with Crippen LogP contribution in [0.25, 0.3) is 11.4 Å². The smallest absolute Gasteiger partial charge is 0.213 e. The molecule has 19 heavy (non-hydrogen) atoms. The number of benzene rings is 1. The van der Waals surface area contributed by atoms with Crippen molar-refractivity contribution < 1.29 is 4.52 Å². The third-order valence-electron chi connectivity index (χ3n) is 2.76. The molecule has 0 aliphatic carbocycles. The third kappa shape index (κ3) is 2.45. The lowest BCUT2D eigenvalue weighted by molar-refractivity contribution is 0.408. The number of hydrogen-bond donors (Lipinski definition) is 1. The van der Waals surface area contributed by atoms with E-state index in [9.17, 15) is 0 Å². The van der Waals surface area contributed by atoms with Crippen molar-refractivity contribution in [3.63, 3.8) is 0 Å². The predicted molar refractivity (Wildman–Crippen MR) is 70.8 cm³/mol. The molecule has 0 atom stereocenters. The first-order valence-corrected chi connectivity index (χ1v) is 6.21. The molecular formula is C12H11N5OS. The number of hydrogen-bond acceptors (Lipinski definition) is 5. The molecule has 0 radical (unpaired) electrons. The first-order valence-electron chi connectivity index (χ1n) is 5.80. The highest BCUT2D eigenvalue weighted by Crippen LogP contribution is 2.16. The number of aryl methyl sites for hydroxylation is 1. The maximum atomic E-state index is 5.25. The van der Waals surface area contributed by atoms with Crippen LogP contribution >= 0.6 is 12.2 Å². The molecule has 3 aromatic rings. The highest BCUT2D eigenvalue weighted by Gasteiger charge is 2.09. The van der Waals surface area contributed by atoms with Crippen LogP contribution in [0, 0.1) is 4.77 Å². The molecule has 0 aliphatic rings. The molecule has 0 saturated heterocycles. The van der Waals surface area contributed by atoms with Crippen molar-refractivity contribution in [3.05, 3.63) is 47.3 Å². The van der Waals surface area contributed by atoms with Crippen LogP contribution in [0.15, 0.2) is 41.2 Å². The zero-order chi connectivity index (χ0) is 13.1. The van der Waals surface area contributed by atoms with Gasteiger partial charge in [0.2, 0.25) is 6.39 Å². The van der Waals surface area contributed by atoms with E-state index in [0.717, 1.165) is 11.4 Å². The Balaban J connectivity index is 1.89. The molecule has 0 saturated carbocycles. The maximum absolute atomic E-state index is 5.25. The highest BCUT2D eigenvalue weighted by atomic mass is 32.1. The number of aromatic nitrogens is 5. The Kier molecular flexibility index (Phi) is 3.20. The van der Waals surface area contributed by atoms with Gasteiger partial charge in [-0.3, -0.25) is 9.67 Å². The van der Waals surface area contributed by atoms with Crippen LogP contribution in [0.4, 0.5) is 0 Å². The molecule has 0 unspecified atom stereocenters. The van der Waals surface area contributed by atoms with Gasteiger partial charge >= 0.3 is 0 Å². The minimum absolute atomic E-state index is 0.586. The number of nitrogens with one attached hydrogen (secondary N) is 1. The average Bonchev–Trinajstić information content (AvgIpc) is 3.07. The van der Waals surface area contributed by atoms with Gasteiger partial charge in [-0.15, -0.1) is 0 Å². The summed E-state index contributed by atoms with van der Waals surface area (Å²) < 4.78 is 7.23. The molecule has 3 rings (SSSR count). The third-order valence-corrected chi connectivity index (χ3v) is 3.07. The predicted octanol–water partition coefficient (Wildman–Crippen LogP) is 2.23. The summed E-state index contributed by atoms with van der Waals surface area (Å²) in [4.78, 5) is 3.99. The average molecular weight is 273 g/mol. The Labute approximate surface area is 114 Å². The van der Waals surface area contributed by atoms with Crippen LogP contribution in [-0.4, -0.2) is 24.9 Å². The van der Waals surface area contributed by atoms with E-state index in [1.165, 1.54) is 6.39 Å². The van der Waals surface area contributed by atoms with Crippen molar-refractivity contribution in [1.82, 2.24) is 24.9 Å². The van der Waals surface area contributed by atoms with E-state index in [0.29, 0.717) is 23.6 Å². The normalized spacial score (nSPS) is 10.7. The summed E-state index contributed by atoms with van der Waals surface area (Å²) >= 11 is 5.25. The van der Waals surface area contributed by atoms with Crippen LogP contribution < -0.4 is 0 Å². The van der Waals surface area contributed by atoms with Crippen molar-refractivity contribution in [3.8, 4) is 11.4 Å². The fourth-order valence-corrected chi connectivity index (χ4v) is 2.07. The molecular weight excluding hydrogens is 262 g/mol. The number of nitrogens with zero attached hydrogens (tertiary/aromatic N) is 4. The number of aromatic amines is 1. The first-order chi connectivity index (χ1) is 9.34. The number of H-pyrrole nitrogens is 1. The monoisotopic (exact) mass is 273 g/mol. The van der Waals surface area contributed by atoms with Crippen LogP contribution in [0.1, 0.15) is 5.82 Å². The van der Waals surface area contributed by atoms with Gasteiger partial charge in [-0.25, -0.2) is 0 Å². The Morgan fingerprint density at radius 3 is 2.84 bits per heavy atom. The summed E-state index contributed by atoms with van der Waals surface area (Å²) in [6.45, 7) is 0.652. The summed E-state index contributed by atoms with van der Waals surface area (Å²) in [5.41, 5.74) is 1.02. The molecule has 0 bridgehead atoms. The Bertz CT molecular complexity index is 701. The van der Waals surface area contributed by atoms with Crippen molar-refractivity contribution in [2.45, 2.75) is 13.0 Å². The van der Waals surface area contributed by atoms with Crippen LogP contribution in [0.5, 0.6) is 0 Å². The lowest BCUT2D eigenvalue weighted by Gasteiger charge is -2.04. The fourth-order valence-electron chi connectivity index (χ4n) is 1.85. The summed E-state index contributed by atoms with van der Waals surface area (Å²) in [5, 5.41) is 10.9. The van der Waals surface area contributed by atoms with E-state index in [-0.39, 0.29) is 0 Å². The Morgan fingerprint density at radius 2 is 2.11 bits per heavy atom. The Morgan fingerprint density at radius 1 is 1.26 bits per heavy atom. The molecule has 7 heteroatoms. The van der Waals surface area contributed by atoms with Gasteiger partial charge in [-0.05, 0) is 12.2 Å². The second-order valence-corrected chi connectivity index (χ2v) is 4.35. The topological polar surface area (TPSA) is 72.5 Å². The molecule has 0 amide bonds. The van der Waals surface area contributed by atoms with E-state index < -0.39 is 0 Å². The van der Waals surface area contributed by atoms with Crippen molar-refractivity contribution in [2.75, 3.05) is 0 Å². The SMILES string of the molecule is S=c1[nH]nc(-c2ccccc2)n1CCc1ncon1. The minimum Gasteiger partial charge on any atom is -0.343 e. The van der Waals surface area contributed by atoms with E-state index in [1.807, 2.05) is 34.9 Å². The van der Waals surface area contributed by atoms with Crippen LogP contribution in [-0.2, 0) is 13.0 Å². The molecule has 96 valence electrons. The minimum atomic E-state index is 0.586. The van der Waals surface area contributed by atoms with Gasteiger partial charge in [0.15, 0.2) is 16.4 Å². The summed E-state index contributed by atoms with van der Waals surface area (Å²) in [6.07, 6.45) is 1.96. The Hall–Kier alpha value is -2.28. The molecule has 0 spiro atoms. The lowest BCUT2D eigenvalue weighted by atomic mass is 10.2. The fraction of sp³-hybridized carbons (Fsp3) is 0.167. The largest absolute Gasteiger partial charge is 0.343 e. The van der Waals surface area contributed by atoms with E-state index in [1.54, 1.807) is 0 Å². The van der Waals surface area contributed by atoms with Crippen molar-refractivity contribution in [1.29, 1.82) is 0 Å². The number of rotatable bonds is 4. The van der Waals surface area contributed by atoms with E-state index in [2.05, 4.69) is 20.3 Å². The van der Waals surface area contributed by atoms with Crippen LogP contribution in [0.2, 0.25) is 0 Å². The van der Waals surface area contributed by atoms with Crippen molar-refractivity contribution in [2.24, 2.45) is 0 Å². The summed E-state index contributed by atoms with van der Waals surface area (Å²) in [6, 6.07) is 9.90. The maximum Gasteiger partial charge on any atom is 0.213 e. The van der Waals surface area contributed by atoms with E-state index >= 15 is 0 Å². The van der Waals surface area contributed by atoms with Crippen LogP contribution in [0.3, 0.4) is 0 Å². The van der Waals surface area contributed by atoms with E-state index in [4.69, 9.17) is 16.7 Å². The van der Waals surface area contributed by atoms with Gasteiger partial charge in [-0.2, -0.15) is 10.1 Å². The van der Waals surface area contributed by atoms with Gasteiger partial charge in [0.05, 0.1) is 0 Å². The molecule has 6 nitrogen and oxygen atoms in total. The highest BCUT2D eigenvalue weighted by molar-refractivity contribution is 7.71. The molecule has 2 heterocycles. The standard InChI is InChI=1S/C12H11N5OS/c19-12-15-14-11(9-4-2-1-3-5-9)17(12)7-6-10-13-8-18-16-10/h1-5,8H,6-7H2,(H,15,19). The zero-order valence-electron chi connectivity index (χ0n) is 9.98. The second-order valence-electron chi connectivity index (χ2n) is 3.97. The van der Waals surface area contributed by atoms with Gasteiger partial charge in [0.1, 0.15) is 0 Å². The summed E-state index contributed by atoms with van der Waals surface area (Å²) in [7, 11) is 0. The molecule has 2 aromatic heterocycles. The molecule has 1 aromatic carbocycles. The molecule has 1 N–H and O–H groups in total. The molecule has 0 aliphatic heterocycles. The molecule has 0 fully saturated rings. The van der Waals surface area contributed by atoms with Gasteiger partial charge < -0.3 is 4.52 Å². The zero-order valence-corrected chi connectivity index (χ0v) is 10.8. The summed E-state index contributed by atoms with van der Waals surface area (Å²) in [5.74, 6) is 1.47. The quantitative estimate of drug-likeness (QED) is 0.738. The first kappa shape index (κ1) is 11.8. The van der Waals surface area contributed by atoms with Gasteiger partial charge in [0.25, 0.3) is 0 Å². The lowest BCUT2D eigenvalue weighted by Crippen LogP contribution is -2.04. The van der Waals surface area contributed by atoms with Crippen molar-refractivity contribution >= 4 is 12.2 Å². The van der Waals surface area contributed by atoms with Gasteiger partial charge in [0, 0.05) is 18.5 Å². The second kappa shape index (κ2) is 5.15. The van der Waals surface area contributed by atoms with Gasteiger partial charge in [-0.1, -0.05) is 35.5 Å².